The van der Waals surface area contributed by atoms with Crippen LogP contribution in [0.25, 0.3) is 11.1 Å². The number of rotatable bonds is 0. The number of anilines is 1. The highest BCUT2D eigenvalue weighted by molar-refractivity contribution is 5.73. The van der Waals surface area contributed by atoms with Crippen molar-refractivity contribution >= 4 is 5.82 Å². The second kappa shape index (κ2) is 7.18. The Morgan fingerprint density at radius 1 is 1.28 bits per heavy atom. The average molecular weight is 392 g/mol. The molecule has 1 aliphatic heterocycles. The second-order valence-electron chi connectivity index (χ2n) is 7.29. The fourth-order valence-corrected chi connectivity index (χ4v) is 3.75. The van der Waals surface area contributed by atoms with Gasteiger partial charge >= 0.3 is 0 Å². The number of hydrogen-bond donors (Lipinski definition) is 1. The third kappa shape index (κ3) is 3.41. The van der Waals surface area contributed by atoms with Crippen LogP contribution in [0.1, 0.15) is 35.5 Å². The summed E-state index contributed by atoms with van der Waals surface area (Å²) < 4.78 is 21.6. The van der Waals surface area contributed by atoms with E-state index in [2.05, 4.69) is 21.1 Å². The number of ether oxygens (including phenoxy) is 1. The molecule has 148 valence electrons. The Morgan fingerprint density at radius 2 is 2.07 bits per heavy atom. The maximum Gasteiger partial charge on any atom is 0.166 e. The fourth-order valence-electron chi connectivity index (χ4n) is 3.75. The zero-order valence-electron chi connectivity index (χ0n) is 16.5. The smallest absolute Gasteiger partial charge is 0.166 e. The zero-order chi connectivity index (χ0) is 20.7. The Labute approximate surface area is 168 Å². The van der Waals surface area contributed by atoms with Crippen LogP contribution < -0.4 is 10.5 Å². The maximum absolute atomic E-state index is 14.0. The standard InChI is InChI=1S/C21H21FN6O/c1-12-16-7-15(22)5-4-13(16)10-27(2)11-17-20(18(8-23)28(3)26-17)14-6-19(29-12)21(24)25-9-14/h4-7,9,12H,10-11H2,1-3H3,(H2,24,25)/t12-/m1/s1. The van der Waals surface area contributed by atoms with Crippen LogP contribution in [0, 0.1) is 17.1 Å². The van der Waals surface area contributed by atoms with Crippen LogP contribution in [0.3, 0.4) is 0 Å². The van der Waals surface area contributed by atoms with E-state index in [0.717, 1.165) is 16.8 Å². The summed E-state index contributed by atoms with van der Waals surface area (Å²) in [7, 11) is 3.70. The first-order valence-electron chi connectivity index (χ1n) is 9.22. The number of nitriles is 1. The Kier molecular flexibility index (Phi) is 4.68. The quantitative estimate of drug-likeness (QED) is 0.632. The molecule has 8 heteroatoms. The van der Waals surface area contributed by atoms with E-state index in [1.54, 1.807) is 30.1 Å². The van der Waals surface area contributed by atoms with Gasteiger partial charge in [-0.2, -0.15) is 10.4 Å². The van der Waals surface area contributed by atoms with Crippen LogP contribution in [-0.4, -0.2) is 26.7 Å². The molecule has 0 aliphatic carbocycles. The second-order valence-corrected chi connectivity index (χ2v) is 7.29. The Hall–Kier alpha value is -3.44. The number of benzene rings is 1. The highest BCUT2D eigenvalue weighted by atomic mass is 19.1. The number of nitrogen functional groups attached to an aromatic ring is 1. The average Bonchev–Trinajstić information content (AvgIpc) is 2.98. The van der Waals surface area contributed by atoms with Crippen LogP contribution in [0.5, 0.6) is 5.75 Å². The Morgan fingerprint density at radius 3 is 2.83 bits per heavy atom. The molecule has 0 fully saturated rings. The minimum atomic E-state index is -0.434. The van der Waals surface area contributed by atoms with Gasteiger partial charge in [-0.3, -0.25) is 9.58 Å². The van der Waals surface area contributed by atoms with E-state index in [1.807, 2.05) is 14.0 Å². The molecular weight excluding hydrogens is 371 g/mol. The summed E-state index contributed by atoms with van der Waals surface area (Å²) in [5, 5.41) is 14.2. The molecule has 7 nitrogen and oxygen atoms in total. The van der Waals surface area contributed by atoms with Gasteiger partial charge in [-0.05, 0) is 43.3 Å². The first-order chi connectivity index (χ1) is 13.9. The van der Waals surface area contributed by atoms with E-state index in [0.29, 0.717) is 35.7 Å². The molecule has 0 unspecified atom stereocenters. The monoisotopic (exact) mass is 392 g/mol. The normalized spacial score (nSPS) is 16.6. The molecule has 0 spiro atoms. The molecule has 4 rings (SSSR count). The summed E-state index contributed by atoms with van der Waals surface area (Å²) in [5.74, 6) is 0.300. The van der Waals surface area contributed by atoms with E-state index in [-0.39, 0.29) is 11.6 Å². The summed E-state index contributed by atoms with van der Waals surface area (Å²) in [6, 6.07) is 8.70. The third-order valence-electron chi connectivity index (χ3n) is 5.11. The van der Waals surface area contributed by atoms with Gasteiger partial charge in [0, 0.05) is 37.5 Å². The molecule has 2 bridgehead atoms. The predicted octanol–water partition coefficient (Wildman–Crippen LogP) is 3.16. The van der Waals surface area contributed by atoms with Crippen molar-refractivity contribution in [2.75, 3.05) is 12.8 Å². The molecule has 1 aliphatic rings. The van der Waals surface area contributed by atoms with Crippen molar-refractivity contribution in [3.8, 4) is 22.9 Å². The van der Waals surface area contributed by atoms with Gasteiger partial charge in [-0.1, -0.05) is 6.07 Å². The molecule has 2 N–H and O–H groups in total. The van der Waals surface area contributed by atoms with E-state index in [9.17, 15) is 9.65 Å². The van der Waals surface area contributed by atoms with Gasteiger partial charge in [0.1, 0.15) is 23.7 Å². The Bertz CT molecular complexity index is 1130. The minimum Gasteiger partial charge on any atom is -0.482 e. The van der Waals surface area contributed by atoms with Gasteiger partial charge in [-0.25, -0.2) is 9.37 Å². The Balaban J connectivity index is 1.93. The summed E-state index contributed by atoms with van der Waals surface area (Å²) >= 11 is 0. The van der Waals surface area contributed by atoms with Gasteiger partial charge in [0.25, 0.3) is 0 Å². The van der Waals surface area contributed by atoms with E-state index < -0.39 is 6.10 Å². The largest absolute Gasteiger partial charge is 0.482 e. The van der Waals surface area contributed by atoms with Crippen LogP contribution in [0.2, 0.25) is 0 Å². The molecular formula is C21H21FN6O. The summed E-state index contributed by atoms with van der Waals surface area (Å²) in [4.78, 5) is 6.33. The fraction of sp³-hybridized carbons (Fsp3) is 0.286. The molecule has 0 radical (unpaired) electrons. The molecule has 3 heterocycles. The predicted molar refractivity (Wildman–Crippen MR) is 106 cm³/mol. The van der Waals surface area contributed by atoms with Gasteiger partial charge in [-0.15, -0.1) is 0 Å². The molecule has 2 aromatic heterocycles. The van der Waals surface area contributed by atoms with Crippen molar-refractivity contribution in [1.82, 2.24) is 19.7 Å². The molecule has 0 saturated carbocycles. The SMILES string of the molecule is C[C@H]1Oc2cc(cnc2N)-c2c(nn(C)c2C#N)CN(C)Cc2ccc(F)cc21. The highest BCUT2D eigenvalue weighted by Gasteiger charge is 2.23. The van der Waals surface area contributed by atoms with E-state index >= 15 is 0 Å². The van der Waals surface area contributed by atoms with Crippen molar-refractivity contribution in [3.05, 3.63) is 58.8 Å². The number of hydrogen-bond acceptors (Lipinski definition) is 6. The van der Waals surface area contributed by atoms with E-state index in [1.165, 1.54) is 12.1 Å². The number of aryl methyl sites for hydroxylation is 1. The molecule has 3 aromatic rings. The van der Waals surface area contributed by atoms with Crippen molar-refractivity contribution in [2.24, 2.45) is 7.05 Å². The van der Waals surface area contributed by atoms with Crippen molar-refractivity contribution in [2.45, 2.75) is 26.1 Å². The number of fused-ring (bicyclic) bond motifs is 5. The summed E-state index contributed by atoms with van der Waals surface area (Å²) in [6.45, 7) is 2.94. The number of halogens is 1. The van der Waals surface area contributed by atoms with Gasteiger partial charge in [0.05, 0.1) is 5.69 Å². The van der Waals surface area contributed by atoms with E-state index in [4.69, 9.17) is 10.5 Å². The van der Waals surface area contributed by atoms with Gasteiger partial charge < -0.3 is 10.5 Å². The van der Waals surface area contributed by atoms with Crippen molar-refractivity contribution in [3.63, 3.8) is 0 Å². The zero-order valence-corrected chi connectivity index (χ0v) is 16.5. The first kappa shape index (κ1) is 18.9. The minimum absolute atomic E-state index is 0.233. The summed E-state index contributed by atoms with van der Waals surface area (Å²) in [6.07, 6.45) is 1.19. The highest BCUT2D eigenvalue weighted by Crippen LogP contribution is 2.35. The number of nitrogens with zero attached hydrogens (tertiary/aromatic N) is 5. The number of nitrogens with two attached hydrogens (primary N) is 1. The number of aromatic nitrogens is 3. The lowest BCUT2D eigenvalue weighted by atomic mass is 10.0. The third-order valence-corrected chi connectivity index (χ3v) is 5.11. The molecule has 1 atom stereocenters. The molecule has 29 heavy (non-hydrogen) atoms. The lowest BCUT2D eigenvalue weighted by Gasteiger charge is -2.24. The van der Waals surface area contributed by atoms with Crippen LogP contribution >= 0.6 is 0 Å². The lowest BCUT2D eigenvalue weighted by molar-refractivity contribution is 0.222. The van der Waals surface area contributed by atoms with Crippen LogP contribution in [0.4, 0.5) is 10.2 Å². The molecule has 1 aromatic carbocycles. The van der Waals surface area contributed by atoms with Crippen molar-refractivity contribution in [1.29, 1.82) is 5.26 Å². The number of pyridine rings is 1. The maximum atomic E-state index is 14.0. The molecule has 0 saturated heterocycles. The summed E-state index contributed by atoms with van der Waals surface area (Å²) in [5.41, 5.74) is 10.4. The van der Waals surface area contributed by atoms with Crippen LogP contribution in [0.15, 0.2) is 30.5 Å². The van der Waals surface area contributed by atoms with Crippen molar-refractivity contribution < 1.29 is 9.13 Å². The van der Waals surface area contributed by atoms with Gasteiger partial charge in [0.15, 0.2) is 11.6 Å². The molecule has 0 amide bonds. The first-order valence-corrected chi connectivity index (χ1v) is 9.22. The van der Waals surface area contributed by atoms with Gasteiger partial charge in [0.2, 0.25) is 0 Å². The van der Waals surface area contributed by atoms with Crippen LogP contribution in [-0.2, 0) is 20.1 Å². The lowest BCUT2D eigenvalue weighted by Crippen LogP contribution is -2.20. The topological polar surface area (TPSA) is 93.0 Å².